The van der Waals surface area contributed by atoms with Crippen LogP contribution in [0, 0.1) is 11.6 Å². The second-order valence-electron chi connectivity index (χ2n) is 7.72. The number of nitrogens with one attached hydrogen (secondary N) is 1. The molecule has 1 unspecified atom stereocenters. The predicted octanol–water partition coefficient (Wildman–Crippen LogP) is 3.58. The second-order valence-corrected chi connectivity index (χ2v) is 8.08. The van der Waals surface area contributed by atoms with Crippen LogP contribution in [0.1, 0.15) is 13.3 Å². The van der Waals surface area contributed by atoms with E-state index in [9.17, 15) is 13.2 Å². The standard InChI is InChI=1S/C19H18ClF5N6O2/c1-9(19(23,24)25)29-16-14(15(20)30-17-27-8-28-31(16)17)13-11(21)4-10(5-12(13)22)33-3-2-18(26)6-32-7-18/h4-5,8-9,29H,2-3,6-7,26H2,1H3. The van der Waals surface area contributed by atoms with Crippen LogP contribution in [0.2, 0.25) is 5.15 Å². The summed E-state index contributed by atoms with van der Waals surface area (Å²) in [4.78, 5) is 7.66. The van der Waals surface area contributed by atoms with E-state index in [1.165, 1.54) is 0 Å². The third-order valence-electron chi connectivity index (χ3n) is 5.14. The van der Waals surface area contributed by atoms with E-state index in [-0.39, 0.29) is 18.1 Å². The molecule has 1 aliphatic rings. The van der Waals surface area contributed by atoms with Crippen molar-refractivity contribution in [2.75, 3.05) is 25.1 Å². The predicted molar refractivity (Wildman–Crippen MR) is 108 cm³/mol. The lowest BCUT2D eigenvalue weighted by Gasteiger charge is -2.37. The van der Waals surface area contributed by atoms with E-state index in [4.69, 9.17) is 26.8 Å². The summed E-state index contributed by atoms with van der Waals surface area (Å²) < 4.78 is 81.0. The van der Waals surface area contributed by atoms with E-state index in [1.54, 1.807) is 0 Å². The summed E-state index contributed by atoms with van der Waals surface area (Å²) in [6, 6.07) is -0.301. The molecule has 3 heterocycles. The van der Waals surface area contributed by atoms with Crippen molar-refractivity contribution in [1.82, 2.24) is 19.6 Å². The molecule has 1 aliphatic heterocycles. The van der Waals surface area contributed by atoms with Crippen molar-refractivity contribution in [3.05, 3.63) is 35.2 Å². The van der Waals surface area contributed by atoms with Crippen LogP contribution < -0.4 is 15.8 Å². The molecule has 8 nitrogen and oxygen atoms in total. The van der Waals surface area contributed by atoms with Crippen LogP contribution in [-0.4, -0.2) is 57.2 Å². The van der Waals surface area contributed by atoms with Crippen molar-refractivity contribution >= 4 is 23.2 Å². The van der Waals surface area contributed by atoms with E-state index in [0.717, 1.165) is 29.9 Å². The first kappa shape index (κ1) is 23.4. The summed E-state index contributed by atoms with van der Waals surface area (Å²) >= 11 is 6.13. The molecule has 0 bridgehead atoms. The first-order chi connectivity index (χ1) is 15.5. The molecule has 178 valence electrons. The van der Waals surface area contributed by atoms with Gasteiger partial charge in [0.1, 0.15) is 40.7 Å². The van der Waals surface area contributed by atoms with Gasteiger partial charge in [-0.25, -0.2) is 8.78 Å². The Balaban J connectivity index is 1.72. The average molecular weight is 493 g/mol. The van der Waals surface area contributed by atoms with Crippen molar-refractivity contribution < 1.29 is 31.4 Å². The van der Waals surface area contributed by atoms with Crippen LogP contribution in [0.4, 0.5) is 27.8 Å². The summed E-state index contributed by atoms with van der Waals surface area (Å²) in [6.45, 7) is 1.64. The minimum absolute atomic E-state index is 0.0845. The Morgan fingerprint density at radius 1 is 1.27 bits per heavy atom. The number of hydrogen-bond donors (Lipinski definition) is 2. The lowest BCUT2D eigenvalue weighted by Crippen LogP contribution is -2.58. The highest BCUT2D eigenvalue weighted by molar-refractivity contribution is 6.33. The van der Waals surface area contributed by atoms with E-state index in [2.05, 4.69) is 20.4 Å². The first-order valence-electron chi connectivity index (χ1n) is 9.70. The highest BCUT2D eigenvalue weighted by atomic mass is 35.5. The van der Waals surface area contributed by atoms with Crippen molar-refractivity contribution in [1.29, 1.82) is 0 Å². The molecule has 3 N–H and O–H groups in total. The number of nitrogens with two attached hydrogens (primary N) is 1. The highest BCUT2D eigenvalue weighted by Gasteiger charge is 2.38. The normalized spacial score (nSPS) is 16.5. The Hall–Kier alpha value is -2.77. The molecule has 0 spiro atoms. The SMILES string of the molecule is CC(Nc1c(-c2c(F)cc(OCCC3(N)COC3)cc2F)c(Cl)nc2ncnn12)C(F)(F)F. The second kappa shape index (κ2) is 8.54. The van der Waals surface area contributed by atoms with Gasteiger partial charge in [0.25, 0.3) is 5.78 Å². The number of benzene rings is 1. The zero-order chi connectivity index (χ0) is 24.0. The van der Waals surface area contributed by atoms with E-state index >= 15 is 8.78 Å². The number of halogens is 6. The van der Waals surface area contributed by atoms with Gasteiger partial charge in [0.05, 0.1) is 36.5 Å². The third kappa shape index (κ3) is 4.66. The Kier molecular flexibility index (Phi) is 6.05. The molecule has 1 aromatic carbocycles. The smallest absolute Gasteiger partial charge is 0.408 e. The molecule has 3 aromatic rings. The number of alkyl halides is 3. The summed E-state index contributed by atoms with van der Waals surface area (Å²) in [5.74, 6) is -2.94. The molecule has 0 saturated carbocycles. The van der Waals surface area contributed by atoms with E-state index < -0.39 is 51.5 Å². The van der Waals surface area contributed by atoms with Crippen LogP contribution >= 0.6 is 11.6 Å². The van der Waals surface area contributed by atoms with Crippen molar-refractivity contribution in [2.45, 2.75) is 31.1 Å². The van der Waals surface area contributed by atoms with Crippen LogP contribution in [0.3, 0.4) is 0 Å². The fourth-order valence-corrected chi connectivity index (χ4v) is 3.47. The first-order valence-corrected chi connectivity index (χ1v) is 10.1. The Bertz CT molecular complexity index is 1160. The van der Waals surface area contributed by atoms with Gasteiger partial charge in [-0.3, -0.25) is 0 Å². The topological polar surface area (TPSA) is 99.6 Å². The monoisotopic (exact) mass is 492 g/mol. The zero-order valence-corrected chi connectivity index (χ0v) is 17.8. The van der Waals surface area contributed by atoms with Crippen LogP contribution in [0.25, 0.3) is 16.9 Å². The fraction of sp³-hybridized carbons (Fsp3) is 0.421. The van der Waals surface area contributed by atoms with Gasteiger partial charge in [-0.05, 0) is 6.92 Å². The van der Waals surface area contributed by atoms with Crippen LogP contribution in [0.5, 0.6) is 5.75 Å². The highest BCUT2D eigenvalue weighted by Crippen LogP contribution is 2.40. The lowest BCUT2D eigenvalue weighted by molar-refractivity contribution is -0.138. The third-order valence-corrected chi connectivity index (χ3v) is 5.41. The minimum atomic E-state index is -4.67. The molecular formula is C19H18ClF5N6O2. The number of rotatable bonds is 7. The van der Waals surface area contributed by atoms with Gasteiger partial charge in [-0.15, -0.1) is 0 Å². The number of hydrogen-bond acceptors (Lipinski definition) is 7. The van der Waals surface area contributed by atoms with Gasteiger partial charge in [0, 0.05) is 18.6 Å². The Morgan fingerprint density at radius 3 is 2.52 bits per heavy atom. The molecule has 1 saturated heterocycles. The molecule has 0 aliphatic carbocycles. The van der Waals surface area contributed by atoms with Crippen molar-refractivity contribution in [2.24, 2.45) is 5.73 Å². The number of fused-ring (bicyclic) bond motifs is 1. The maximum Gasteiger partial charge on any atom is 0.408 e. The summed E-state index contributed by atoms with van der Waals surface area (Å²) in [5.41, 5.74) is 4.31. The van der Waals surface area contributed by atoms with Crippen molar-refractivity contribution in [3.63, 3.8) is 0 Å². The van der Waals surface area contributed by atoms with Gasteiger partial charge < -0.3 is 20.5 Å². The van der Waals surface area contributed by atoms with Crippen LogP contribution in [-0.2, 0) is 4.74 Å². The average Bonchev–Trinajstić information content (AvgIpc) is 3.15. The summed E-state index contributed by atoms with van der Waals surface area (Å²) in [7, 11) is 0. The zero-order valence-electron chi connectivity index (χ0n) is 17.1. The maximum absolute atomic E-state index is 15.0. The molecule has 1 atom stereocenters. The van der Waals surface area contributed by atoms with Crippen molar-refractivity contribution in [3.8, 4) is 16.9 Å². The molecule has 14 heteroatoms. The van der Waals surface area contributed by atoms with Gasteiger partial charge in [-0.2, -0.15) is 32.8 Å². The summed E-state index contributed by atoms with van der Waals surface area (Å²) in [5, 5.41) is 5.51. The number of anilines is 1. The maximum atomic E-state index is 15.0. The molecule has 33 heavy (non-hydrogen) atoms. The Labute approximate surface area is 188 Å². The van der Waals surface area contributed by atoms with Crippen LogP contribution in [0.15, 0.2) is 18.5 Å². The fourth-order valence-electron chi connectivity index (χ4n) is 3.21. The molecule has 4 rings (SSSR count). The van der Waals surface area contributed by atoms with Gasteiger partial charge in [-0.1, -0.05) is 11.6 Å². The van der Waals surface area contributed by atoms with Gasteiger partial charge in [0.2, 0.25) is 0 Å². The molecular weight excluding hydrogens is 475 g/mol. The quantitative estimate of drug-likeness (QED) is 0.384. The molecule has 0 amide bonds. The van der Waals surface area contributed by atoms with E-state index in [0.29, 0.717) is 19.6 Å². The number of aromatic nitrogens is 4. The molecule has 2 aromatic heterocycles. The summed E-state index contributed by atoms with van der Waals surface area (Å²) in [6.07, 6.45) is -3.24. The van der Waals surface area contributed by atoms with Gasteiger partial charge in [0.15, 0.2) is 0 Å². The lowest BCUT2D eigenvalue weighted by atomic mass is 9.95. The minimum Gasteiger partial charge on any atom is -0.493 e. The number of nitrogens with zero attached hydrogens (tertiary/aromatic N) is 4. The van der Waals surface area contributed by atoms with E-state index in [1.807, 2.05) is 0 Å². The Morgan fingerprint density at radius 2 is 1.94 bits per heavy atom. The number of ether oxygens (including phenoxy) is 2. The molecule has 0 radical (unpaired) electrons. The molecule has 1 fully saturated rings. The largest absolute Gasteiger partial charge is 0.493 e. The van der Waals surface area contributed by atoms with Gasteiger partial charge >= 0.3 is 6.18 Å².